The van der Waals surface area contributed by atoms with Crippen LogP contribution >= 0.6 is 11.3 Å². The van der Waals surface area contributed by atoms with Crippen molar-refractivity contribution in [2.75, 3.05) is 11.0 Å². The Kier molecular flexibility index (Phi) is 8.31. The van der Waals surface area contributed by atoms with Crippen LogP contribution in [0.25, 0.3) is 10.2 Å². The number of rotatable bonds is 8. The van der Waals surface area contributed by atoms with Crippen molar-refractivity contribution in [2.45, 2.75) is 27.0 Å². The van der Waals surface area contributed by atoms with Gasteiger partial charge in [-0.15, -0.1) is 11.3 Å². The number of carboxylic acids is 1. The predicted octanol–water partition coefficient (Wildman–Crippen LogP) is 4.79. The number of carboxylic acid groups (broad SMARTS) is 1. The second kappa shape index (κ2) is 11.2. The third kappa shape index (κ3) is 6.28. The van der Waals surface area contributed by atoms with E-state index < -0.39 is 21.6 Å². The maximum absolute atomic E-state index is 13.4. The van der Waals surface area contributed by atoms with Crippen LogP contribution in [0.3, 0.4) is 0 Å². The summed E-state index contributed by atoms with van der Waals surface area (Å²) >= 11 is 1.22. The summed E-state index contributed by atoms with van der Waals surface area (Å²) in [7, 11) is -3.40. The molecule has 0 saturated heterocycles. The maximum atomic E-state index is 13.4. The number of benzene rings is 2. The fourth-order valence-electron chi connectivity index (χ4n) is 3.43. The quantitative estimate of drug-likeness (QED) is 0.350. The van der Waals surface area contributed by atoms with Gasteiger partial charge in [-0.3, -0.25) is 14.1 Å². The number of nitrogens with zero attached hydrogens (tertiary/aromatic N) is 1. The van der Waals surface area contributed by atoms with Crippen molar-refractivity contribution in [3.63, 3.8) is 0 Å². The summed E-state index contributed by atoms with van der Waals surface area (Å²) in [5, 5.41) is 11.6. The first-order valence-electron chi connectivity index (χ1n) is 10.8. The highest BCUT2D eigenvalue weighted by Gasteiger charge is 2.24. The van der Waals surface area contributed by atoms with E-state index in [0.29, 0.717) is 15.9 Å². The number of thiophene rings is 1. The van der Waals surface area contributed by atoms with Crippen molar-refractivity contribution in [3.8, 4) is 5.75 Å². The van der Waals surface area contributed by atoms with E-state index in [4.69, 9.17) is 4.74 Å². The third-order valence-corrected chi connectivity index (χ3v) is 6.39. The number of aromatic nitrogens is 1. The van der Waals surface area contributed by atoms with E-state index in [1.807, 2.05) is 44.2 Å². The number of nitrogens with one attached hydrogen (secondary N) is 1. The molecule has 0 aliphatic heterocycles. The lowest BCUT2D eigenvalue weighted by Gasteiger charge is -2.15. The monoisotopic (exact) mass is 514 g/mol. The minimum Gasteiger partial charge on any atom is -0.482 e. The molecule has 0 aliphatic carbocycles. The summed E-state index contributed by atoms with van der Waals surface area (Å²) in [6, 6.07) is 17.5. The molecule has 0 radical (unpaired) electrons. The van der Waals surface area contributed by atoms with Gasteiger partial charge in [-0.05, 0) is 34.7 Å². The van der Waals surface area contributed by atoms with Crippen LogP contribution in [0.1, 0.15) is 35.3 Å². The first-order chi connectivity index (χ1) is 16.7. The Hall–Kier alpha value is -3.63. The van der Waals surface area contributed by atoms with Crippen LogP contribution in [0, 0.1) is 0 Å². The Bertz CT molecular complexity index is 1470. The summed E-state index contributed by atoms with van der Waals surface area (Å²) in [5.74, 6) is -1.44. The second-order valence-electron chi connectivity index (χ2n) is 7.38. The molecular weight excluding hydrogens is 488 g/mol. The van der Waals surface area contributed by atoms with Gasteiger partial charge in [0.05, 0.1) is 23.0 Å². The Labute approximate surface area is 207 Å². The molecule has 0 saturated carbocycles. The van der Waals surface area contributed by atoms with Crippen molar-refractivity contribution in [3.05, 3.63) is 93.1 Å². The second-order valence-corrected chi connectivity index (χ2v) is 10.0. The summed E-state index contributed by atoms with van der Waals surface area (Å²) in [5.41, 5.74) is 1.74. The van der Waals surface area contributed by atoms with Gasteiger partial charge in [-0.2, -0.15) is 0 Å². The number of sulfonamides is 1. The van der Waals surface area contributed by atoms with E-state index in [0.717, 1.165) is 17.4 Å². The van der Waals surface area contributed by atoms with Crippen molar-refractivity contribution < 1.29 is 23.1 Å². The highest BCUT2D eigenvalue weighted by atomic mass is 32.2. The fourth-order valence-corrected chi connectivity index (χ4v) is 4.93. The molecule has 0 amide bonds. The van der Waals surface area contributed by atoms with Crippen LogP contribution in [0.15, 0.2) is 70.8 Å². The van der Waals surface area contributed by atoms with Gasteiger partial charge >= 0.3 is 5.97 Å². The van der Waals surface area contributed by atoms with E-state index in [2.05, 4.69) is 4.72 Å². The highest BCUT2D eigenvalue weighted by molar-refractivity contribution is 7.92. The van der Waals surface area contributed by atoms with Crippen molar-refractivity contribution >= 4 is 43.2 Å². The fraction of sp³-hybridized carbons (Fsp3) is 0.200. The normalized spacial score (nSPS) is 10.9. The summed E-state index contributed by atoms with van der Waals surface area (Å²) in [4.78, 5) is 25.4. The zero-order valence-corrected chi connectivity index (χ0v) is 21.2. The Morgan fingerprint density at radius 1 is 1.03 bits per heavy atom. The van der Waals surface area contributed by atoms with Gasteiger partial charge in [0.2, 0.25) is 15.8 Å². The average Bonchev–Trinajstić information content (AvgIpc) is 3.31. The molecule has 0 fully saturated rings. The standard InChI is InChI=1S/C23H20N2O6S2.C2H6/c1-33(29,30)24-17-9-7-15(8-10-17)13-25-18-11-12-32-21(18)19(23(27)28)20(22(25)26)31-14-16-5-3-2-4-6-16;1-2/h2-12,24H,13-14H2,1H3,(H,27,28);1-2H3. The van der Waals surface area contributed by atoms with E-state index >= 15 is 0 Å². The lowest BCUT2D eigenvalue weighted by molar-refractivity contribution is 0.0693. The summed E-state index contributed by atoms with van der Waals surface area (Å²) < 4.78 is 32.9. The molecule has 4 aromatic rings. The number of fused-ring (bicyclic) bond motifs is 1. The first kappa shape index (κ1) is 26.0. The molecule has 0 atom stereocenters. The van der Waals surface area contributed by atoms with Gasteiger partial charge in [-0.1, -0.05) is 56.3 Å². The molecule has 0 spiro atoms. The molecule has 0 aliphatic rings. The lowest BCUT2D eigenvalue weighted by Crippen LogP contribution is -2.25. The number of aromatic carboxylic acids is 1. The molecular formula is C25H26N2O6S2. The number of hydrogen-bond donors (Lipinski definition) is 2. The number of pyridine rings is 1. The Balaban J connectivity index is 0.00000167. The molecule has 2 aromatic heterocycles. The van der Waals surface area contributed by atoms with Crippen molar-refractivity contribution in [1.82, 2.24) is 4.57 Å². The molecule has 0 unspecified atom stereocenters. The SMILES string of the molecule is CC.CS(=O)(=O)Nc1ccc(Cn2c(=O)c(OCc3ccccc3)c(C(=O)O)c3sccc32)cc1. The minimum absolute atomic E-state index is 0.0547. The zero-order chi connectivity index (χ0) is 25.6. The molecule has 2 N–H and O–H groups in total. The van der Waals surface area contributed by atoms with Crippen LogP contribution in [-0.4, -0.2) is 30.3 Å². The van der Waals surface area contributed by atoms with Crippen LogP contribution in [0.5, 0.6) is 5.75 Å². The number of hydrogen-bond acceptors (Lipinski definition) is 6. The first-order valence-corrected chi connectivity index (χ1v) is 13.6. The van der Waals surface area contributed by atoms with Crippen LogP contribution in [-0.2, 0) is 23.2 Å². The average molecular weight is 515 g/mol. The largest absolute Gasteiger partial charge is 0.482 e. The maximum Gasteiger partial charge on any atom is 0.341 e. The molecule has 10 heteroatoms. The highest BCUT2D eigenvalue weighted by Crippen LogP contribution is 2.30. The van der Waals surface area contributed by atoms with Crippen LogP contribution in [0.4, 0.5) is 5.69 Å². The van der Waals surface area contributed by atoms with E-state index in [9.17, 15) is 23.1 Å². The summed E-state index contributed by atoms with van der Waals surface area (Å²) in [6.45, 7) is 4.21. The molecule has 4 rings (SSSR count). The predicted molar refractivity (Wildman–Crippen MR) is 139 cm³/mol. The Morgan fingerprint density at radius 3 is 2.29 bits per heavy atom. The van der Waals surface area contributed by atoms with Crippen molar-refractivity contribution in [1.29, 1.82) is 0 Å². The number of carbonyl (C=O) groups is 1. The Morgan fingerprint density at radius 2 is 1.69 bits per heavy atom. The molecule has 0 bridgehead atoms. The van der Waals surface area contributed by atoms with Gasteiger partial charge in [0, 0.05) is 5.69 Å². The van der Waals surface area contributed by atoms with Gasteiger partial charge in [-0.25, -0.2) is 13.2 Å². The van der Waals surface area contributed by atoms with Gasteiger partial charge < -0.3 is 9.84 Å². The number of ether oxygens (including phenoxy) is 1. The third-order valence-electron chi connectivity index (χ3n) is 4.87. The van der Waals surface area contributed by atoms with Crippen LogP contribution in [0.2, 0.25) is 0 Å². The number of anilines is 1. The topological polar surface area (TPSA) is 115 Å². The zero-order valence-electron chi connectivity index (χ0n) is 19.5. The van der Waals surface area contributed by atoms with E-state index in [1.165, 1.54) is 15.9 Å². The molecule has 184 valence electrons. The minimum atomic E-state index is -3.40. The molecule has 2 heterocycles. The molecule has 8 nitrogen and oxygen atoms in total. The van der Waals surface area contributed by atoms with Crippen LogP contribution < -0.4 is 15.0 Å². The molecule has 2 aromatic carbocycles. The van der Waals surface area contributed by atoms with Gasteiger partial charge in [0.1, 0.15) is 12.2 Å². The van der Waals surface area contributed by atoms with Crippen molar-refractivity contribution in [2.24, 2.45) is 0 Å². The van der Waals surface area contributed by atoms with Gasteiger partial charge in [0.15, 0.2) is 0 Å². The molecule has 35 heavy (non-hydrogen) atoms. The lowest BCUT2D eigenvalue weighted by atomic mass is 10.1. The van der Waals surface area contributed by atoms with E-state index in [1.54, 1.807) is 35.7 Å². The smallest absolute Gasteiger partial charge is 0.341 e. The summed E-state index contributed by atoms with van der Waals surface area (Å²) in [6.07, 6.45) is 1.06. The van der Waals surface area contributed by atoms with E-state index in [-0.39, 0.29) is 24.5 Å². The van der Waals surface area contributed by atoms with Gasteiger partial charge in [0.25, 0.3) is 5.56 Å².